The summed E-state index contributed by atoms with van der Waals surface area (Å²) in [5.41, 5.74) is -1.92. The first-order valence-corrected chi connectivity index (χ1v) is 6.04. The van der Waals surface area contributed by atoms with E-state index in [-0.39, 0.29) is 0 Å². The van der Waals surface area contributed by atoms with Crippen molar-refractivity contribution in [2.24, 2.45) is 0 Å². The SMILES string of the molecule is O=C(O)CC[C@@H](NC(=O)c1ccccc1C(F)(F)F)C(=O)O. The molecule has 1 aromatic carbocycles. The zero-order valence-corrected chi connectivity index (χ0v) is 11.1. The summed E-state index contributed by atoms with van der Waals surface area (Å²) >= 11 is 0. The average molecular weight is 319 g/mol. The number of benzene rings is 1. The molecule has 6 nitrogen and oxygen atoms in total. The summed E-state index contributed by atoms with van der Waals surface area (Å²) in [6.45, 7) is 0. The lowest BCUT2D eigenvalue weighted by Gasteiger charge is -2.16. The van der Waals surface area contributed by atoms with E-state index in [4.69, 9.17) is 10.2 Å². The highest BCUT2D eigenvalue weighted by Gasteiger charge is 2.35. The number of amides is 1. The van der Waals surface area contributed by atoms with Crippen molar-refractivity contribution in [3.63, 3.8) is 0 Å². The molecule has 0 aliphatic rings. The molecule has 3 N–H and O–H groups in total. The molecule has 0 radical (unpaired) electrons. The number of carboxylic acids is 2. The predicted octanol–water partition coefficient (Wildman–Crippen LogP) is 1.75. The Balaban J connectivity index is 2.96. The van der Waals surface area contributed by atoms with Gasteiger partial charge in [0.25, 0.3) is 5.91 Å². The zero-order valence-electron chi connectivity index (χ0n) is 11.1. The molecule has 22 heavy (non-hydrogen) atoms. The molecule has 120 valence electrons. The van der Waals surface area contributed by atoms with Crippen molar-refractivity contribution >= 4 is 17.8 Å². The first-order chi connectivity index (χ1) is 10.1. The molecule has 1 atom stereocenters. The van der Waals surface area contributed by atoms with Crippen molar-refractivity contribution < 1.29 is 37.8 Å². The fourth-order valence-corrected chi connectivity index (χ4v) is 1.69. The van der Waals surface area contributed by atoms with Gasteiger partial charge in [-0.05, 0) is 18.6 Å². The van der Waals surface area contributed by atoms with Crippen molar-refractivity contribution in [3.8, 4) is 0 Å². The van der Waals surface area contributed by atoms with Gasteiger partial charge in [0.15, 0.2) is 0 Å². The molecule has 1 amide bonds. The van der Waals surface area contributed by atoms with Crippen LogP contribution < -0.4 is 5.32 Å². The highest BCUT2D eigenvalue weighted by molar-refractivity contribution is 5.98. The number of rotatable bonds is 6. The Morgan fingerprint density at radius 3 is 2.23 bits per heavy atom. The van der Waals surface area contributed by atoms with E-state index in [0.29, 0.717) is 6.07 Å². The largest absolute Gasteiger partial charge is 0.481 e. The Bertz CT molecular complexity index is 585. The topological polar surface area (TPSA) is 104 Å². The highest BCUT2D eigenvalue weighted by atomic mass is 19.4. The molecule has 0 aliphatic heterocycles. The summed E-state index contributed by atoms with van der Waals surface area (Å²) in [7, 11) is 0. The number of nitrogens with one attached hydrogen (secondary N) is 1. The molecule has 0 fully saturated rings. The second-order valence-electron chi connectivity index (χ2n) is 4.34. The Morgan fingerprint density at radius 1 is 1.14 bits per heavy atom. The van der Waals surface area contributed by atoms with Gasteiger partial charge in [-0.2, -0.15) is 13.2 Å². The summed E-state index contributed by atoms with van der Waals surface area (Å²) in [5.74, 6) is -4.04. The monoisotopic (exact) mass is 319 g/mol. The molecule has 0 saturated carbocycles. The summed E-state index contributed by atoms with van der Waals surface area (Å²) in [6, 6.07) is 2.32. The van der Waals surface area contributed by atoms with Gasteiger partial charge in [-0.1, -0.05) is 12.1 Å². The third-order valence-corrected chi connectivity index (χ3v) is 2.73. The molecule has 0 saturated heterocycles. The number of carbonyl (C=O) groups is 3. The van der Waals surface area contributed by atoms with E-state index >= 15 is 0 Å². The predicted molar refractivity (Wildman–Crippen MR) is 67.2 cm³/mol. The molecule has 0 aliphatic carbocycles. The van der Waals surface area contributed by atoms with Crippen LogP contribution in [0.4, 0.5) is 13.2 Å². The number of carboxylic acid groups (broad SMARTS) is 2. The number of alkyl halides is 3. The second kappa shape index (κ2) is 6.92. The number of hydrogen-bond donors (Lipinski definition) is 3. The van der Waals surface area contributed by atoms with Crippen LogP contribution in [-0.4, -0.2) is 34.1 Å². The molecule has 0 heterocycles. The Morgan fingerprint density at radius 2 is 1.73 bits per heavy atom. The van der Waals surface area contributed by atoms with Crippen LogP contribution in [0, 0.1) is 0 Å². The molecule has 1 rings (SSSR count). The summed E-state index contributed by atoms with van der Waals surface area (Å²) < 4.78 is 38.4. The minimum absolute atomic E-state index is 0.440. The fourth-order valence-electron chi connectivity index (χ4n) is 1.69. The van der Waals surface area contributed by atoms with Gasteiger partial charge in [0.1, 0.15) is 6.04 Å². The number of carbonyl (C=O) groups excluding carboxylic acids is 1. The van der Waals surface area contributed by atoms with Gasteiger partial charge >= 0.3 is 18.1 Å². The van der Waals surface area contributed by atoms with Crippen LogP contribution in [-0.2, 0) is 15.8 Å². The summed E-state index contributed by atoms with van der Waals surface area (Å²) in [4.78, 5) is 33.2. The number of halogens is 3. The Hall–Kier alpha value is -2.58. The summed E-state index contributed by atoms with van der Waals surface area (Å²) in [5, 5.41) is 19.3. The second-order valence-corrected chi connectivity index (χ2v) is 4.34. The van der Waals surface area contributed by atoms with Crippen LogP contribution in [0.15, 0.2) is 24.3 Å². The molecule has 0 bridgehead atoms. The summed E-state index contributed by atoms with van der Waals surface area (Å²) in [6.07, 6.45) is -5.75. The normalized spacial score (nSPS) is 12.5. The van der Waals surface area contributed by atoms with Gasteiger partial charge in [0.05, 0.1) is 11.1 Å². The third kappa shape index (κ3) is 4.76. The zero-order chi connectivity index (χ0) is 16.9. The van der Waals surface area contributed by atoms with Gasteiger partial charge < -0.3 is 15.5 Å². The van der Waals surface area contributed by atoms with Crippen LogP contribution >= 0.6 is 0 Å². The van der Waals surface area contributed by atoms with Crippen molar-refractivity contribution in [1.82, 2.24) is 5.32 Å². The van der Waals surface area contributed by atoms with Crippen LogP contribution in [0.3, 0.4) is 0 Å². The van der Waals surface area contributed by atoms with Gasteiger partial charge in [0.2, 0.25) is 0 Å². The van der Waals surface area contributed by atoms with Crippen LogP contribution in [0.2, 0.25) is 0 Å². The maximum atomic E-state index is 12.8. The van der Waals surface area contributed by atoms with Gasteiger partial charge in [-0.3, -0.25) is 9.59 Å². The van der Waals surface area contributed by atoms with Gasteiger partial charge in [0, 0.05) is 6.42 Å². The first kappa shape index (κ1) is 17.5. The Labute approximate surface area is 122 Å². The smallest absolute Gasteiger partial charge is 0.417 e. The lowest BCUT2D eigenvalue weighted by Crippen LogP contribution is -2.41. The van der Waals surface area contributed by atoms with E-state index in [9.17, 15) is 27.6 Å². The molecule has 0 unspecified atom stereocenters. The Kier molecular flexibility index (Phi) is 5.50. The van der Waals surface area contributed by atoms with Crippen molar-refractivity contribution in [3.05, 3.63) is 35.4 Å². The third-order valence-electron chi connectivity index (χ3n) is 2.73. The lowest BCUT2D eigenvalue weighted by atomic mass is 10.1. The van der Waals surface area contributed by atoms with E-state index in [1.54, 1.807) is 0 Å². The van der Waals surface area contributed by atoms with Crippen LogP contribution in [0.1, 0.15) is 28.8 Å². The number of hydrogen-bond acceptors (Lipinski definition) is 3. The maximum Gasteiger partial charge on any atom is 0.417 e. The van der Waals surface area contributed by atoms with E-state index in [2.05, 4.69) is 0 Å². The van der Waals surface area contributed by atoms with Crippen LogP contribution in [0.25, 0.3) is 0 Å². The number of aliphatic carboxylic acids is 2. The van der Waals surface area contributed by atoms with E-state index in [0.717, 1.165) is 12.1 Å². The first-order valence-electron chi connectivity index (χ1n) is 6.04. The van der Waals surface area contributed by atoms with Crippen molar-refractivity contribution in [1.29, 1.82) is 0 Å². The molecular weight excluding hydrogens is 307 g/mol. The maximum absolute atomic E-state index is 12.8. The van der Waals surface area contributed by atoms with Crippen molar-refractivity contribution in [2.75, 3.05) is 0 Å². The van der Waals surface area contributed by atoms with E-state index in [1.165, 1.54) is 6.07 Å². The standard InChI is InChI=1S/C13H12F3NO5/c14-13(15,16)8-4-2-1-3-7(8)11(20)17-9(12(21)22)5-6-10(18)19/h1-4,9H,5-6H2,(H,17,20)(H,18,19)(H,21,22)/t9-/m1/s1. The van der Waals surface area contributed by atoms with Crippen molar-refractivity contribution in [2.45, 2.75) is 25.1 Å². The molecule has 1 aromatic rings. The quantitative estimate of drug-likeness (QED) is 0.741. The fraction of sp³-hybridized carbons (Fsp3) is 0.308. The molecule has 9 heteroatoms. The van der Waals surface area contributed by atoms with E-state index in [1.807, 2.05) is 5.32 Å². The lowest BCUT2D eigenvalue weighted by molar-refractivity contribution is -0.140. The van der Waals surface area contributed by atoms with Crippen LogP contribution in [0.5, 0.6) is 0 Å². The average Bonchev–Trinajstić information content (AvgIpc) is 2.41. The minimum atomic E-state index is -4.77. The molecular formula is C13H12F3NO5. The van der Waals surface area contributed by atoms with Gasteiger partial charge in [-0.15, -0.1) is 0 Å². The highest BCUT2D eigenvalue weighted by Crippen LogP contribution is 2.31. The van der Waals surface area contributed by atoms with Gasteiger partial charge in [-0.25, -0.2) is 4.79 Å². The van der Waals surface area contributed by atoms with E-state index < -0.39 is 54.0 Å². The molecule has 0 aromatic heterocycles. The molecule has 0 spiro atoms. The minimum Gasteiger partial charge on any atom is -0.481 e.